The quantitative estimate of drug-likeness (QED) is 0.920. The summed E-state index contributed by atoms with van der Waals surface area (Å²) in [6.07, 6.45) is 7.40. The number of hydrogen-bond acceptors (Lipinski definition) is 3. The third-order valence-corrected chi connectivity index (χ3v) is 5.41. The minimum atomic E-state index is 0.389. The number of anilines is 1. The van der Waals surface area contributed by atoms with Crippen LogP contribution in [0.2, 0.25) is 0 Å². The van der Waals surface area contributed by atoms with Crippen LogP contribution < -0.4 is 5.32 Å². The van der Waals surface area contributed by atoms with E-state index in [0.717, 1.165) is 18.5 Å². The van der Waals surface area contributed by atoms with Crippen LogP contribution in [0, 0.1) is 5.41 Å². The zero-order valence-electron chi connectivity index (χ0n) is 12.5. The molecule has 2 fully saturated rings. The van der Waals surface area contributed by atoms with Gasteiger partial charge in [-0.3, -0.25) is 4.98 Å². The van der Waals surface area contributed by atoms with Gasteiger partial charge in [0.15, 0.2) is 0 Å². The smallest absolute Gasteiger partial charge is 0.0722 e. The van der Waals surface area contributed by atoms with Crippen LogP contribution in [0.15, 0.2) is 36.5 Å². The first-order chi connectivity index (χ1) is 10.3. The Morgan fingerprint density at radius 3 is 2.95 bits per heavy atom. The average Bonchev–Trinajstić information content (AvgIpc) is 2.44. The molecule has 0 aliphatic heterocycles. The summed E-state index contributed by atoms with van der Waals surface area (Å²) >= 11 is 0. The monoisotopic (exact) mass is 282 g/mol. The zero-order chi connectivity index (χ0) is 14.3. The summed E-state index contributed by atoms with van der Waals surface area (Å²) in [5, 5.41) is 5.00. The molecule has 4 rings (SSSR count). The predicted molar refractivity (Wildman–Crippen MR) is 85.5 cm³/mol. The van der Waals surface area contributed by atoms with E-state index in [9.17, 15) is 0 Å². The molecule has 2 aromatic rings. The van der Waals surface area contributed by atoms with Gasteiger partial charge in [0.1, 0.15) is 0 Å². The largest absolute Gasteiger partial charge is 0.381 e. The van der Waals surface area contributed by atoms with Gasteiger partial charge in [-0.2, -0.15) is 0 Å². The van der Waals surface area contributed by atoms with Crippen molar-refractivity contribution in [1.82, 2.24) is 4.98 Å². The Bertz CT molecular complexity index is 645. The van der Waals surface area contributed by atoms with E-state index < -0.39 is 0 Å². The van der Waals surface area contributed by atoms with Crippen molar-refractivity contribution in [3.8, 4) is 0 Å². The first-order valence-electron chi connectivity index (χ1n) is 8.05. The van der Waals surface area contributed by atoms with E-state index in [2.05, 4.69) is 41.5 Å². The molecule has 2 saturated carbocycles. The Morgan fingerprint density at radius 2 is 2.19 bits per heavy atom. The topological polar surface area (TPSA) is 34.1 Å². The average molecular weight is 282 g/mol. The summed E-state index contributed by atoms with van der Waals surface area (Å²) in [6, 6.07) is 11.0. The zero-order valence-corrected chi connectivity index (χ0v) is 12.5. The van der Waals surface area contributed by atoms with Crippen molar-refractivity contribution in [2.75, 3.05) is 11.9 Å². The lowest BCUT2D eigenvalue weighted by atomic mass is 9.51. The molecule has 1 heterocycles. The fraction of sp³-hybridized carbons (Fsp3) is 0.500. The molecule has 1 N–H and O–H groups in total. The van der Waals surface area contributed by atoms with E-state index in [4.69, 9.17) is 4.74 Å². The van der Waals surface area contributed by atoms with E-state index in [-0.39, 0.29) is 0 Å². The first kappa shape index (κ1) is 13.1. The standard InChI is InChI=1S/C18H22N2O/c1-2-21-17-12-16(18(17)9-5-10-18)20-15-8-3-7-14-13(15)6-4-11-19-14/h3-4,6-8,11,16-17,20H,2,5,9-10,12H2,1H3. The second kappa shape index (κ2) is 4.99. The molecule has 2 unspecified atom stereocenters. The second-order valence-corrected chi connectivity index (χ2v) is 6.34. The van der Waals surface area contributed by atoms with Gasteiger partial charge in [-0.15, -0.1) is 0 Å². The van der Waals surface area contributed by atoms with Crippen LogP contribution in [0.5, 0.6) is 0 Å². The highest BCUT2D eigenvalue weighted by atomic mass is 16.5. The predicted octanol–water partition coefficient (Wildman–Crippen LogP) is 3.99. The van der Waals surface area contributed by atoms with E-state index in [1.54, 1.807) is 0 Å². The molecule has 0 bridgehead atoms. The number of nitrogens with one attached hydrogen (secondary N) is 1. The highest BCUT2D eigenvalue weighted by Gasteiger charge is 2.58. The van der Waals surface area contributed by atoms with Crippen molar-refractivity contribution >= 4 is 16.6 Å². The fourth-order valence-corrected chi connectivity index (χ4v) is 4.06. The minimum absolute atomic E-state index is 0.389. The number of nitrogens with zero attached hydrogens (tertiary/aromatic N) is 1. The lowest BCUT2D eigenvalue weighted by Crippen LogP contribution is -2.64. The maximum Gasteiger partial charge on any atom is 0.0722 e. The van der Waals surface area contributed by atoms with E-state index >= 15 is 0 Å². The number of aromatic nitrogens is 1. The number of fused-ring (bicyclic) bond motifs is 1. The lowest BCUT2D eigenvalue weighted by molar-refractivity contribution is -0.157. The Kier molecular flexibility index (Phi) is 3.11. The highest BCUT2D eigenvalue weighted by molar-refractivity contribution is 5.91. The van der Waals surface area contributed by atoms with Crippen LogP contribution in [0.1, 0.15) is 32.6 Å². The van der Waals surface area contributed by atoms with Gasteiger partial charge >= 0.3 is 0 Å². The van der Waals surface area contributed by atoms with Crippen LogP contribution in [0.4, 0.5) is 5.69 Å². The van der Waals surface area contributed by atoms with Gasteiger partial charge in [0.25, 0.3) is 0 Å². The number of benzene rings is 1. The van der Waals surface area contributed by atoms with Gasteiger partial charge in [-0.05, 0) is 50.5 Å². The van der Waals surface area contributed by atoms with E-state index in [1.807, 2.05) is 12.3 Å². The Balaban J connectivity index is 1.59. The van der Waals surface area contributed by atoms with Crippen molar-refractivity contribution in [2.24, 2.45) is 5.41 Å². The van der Waals surface area contributed by atoms with Gasteiger partial charge in [0.05, 0.1) is 11.6 Å². The highest BCUT2D eigenvalue weighted by Crippen LogP contribution is 2.58. The summed E-state index contributed by atoms with van der Waals surface area (Å²) < 4.78 is 5.94. The number of hydrogen-bond donors (Lipinski definition) is 1. The molecule has 1 aromatic carbocycles. The molecule has 2 atom stereocenters. The van der Waals surface area contributed by atoms with Gasteiger partial charge < -0.3 is 10.1 Å². The molecule has 0 radical (unpaired) electrons. The SMILES string of the molecule is CCOC1CC(Nc2cccc3ncccc23)C12CCC2. The molecule has 110 valence electrons. The summed E-state index contributed by atoms with van der Waals surface area (Å²) in [5.74, 6) is 0. The van der Waals surface area contributed by atoms with Crippen molar-refractivity contribution in [3.05, 3.63) is 36.5 Å². The van der Waals surface area contributed by atoms with Gasteiger partial charge in [0.2, 0.25) is 0 Å². The Labute approximate surface area is 125 Å². The maximum absolute atomic E-state index is 5.94. The van der Waals surface area contributed by atoms with Gasteiger partial charge in [-0.1, -0.05) is 12.5 Å². The molecule has 1 spiro atoms. The van der Waals surface area contributed by atoms with Gasteiger partial charge in [-0.25, -0.2) is 0 Å². The Morgan fingerprint density at radius 1 is 1.29 bits per heavy atom. The molecule has 1 aromatic heterocycles. The third-order valence-electron chi connectivity index (χ3n) is 5.41. The fourth-order valence-electron chi connectivity index (χ4n) is 4.06. The molecular formula is C18H22N2O. The number of pyridine rings is 1. The van der Waals surface area contributed by atoms with E-state index in [0.29, 0.717) is 17.6 Å². The van der Waals surface area contributed by atoms with Crippen molar-refractivity contribution in [2.45, 2.75) is 44.8 Å². The van der Waals surface area contributed by atoms with Crippen LogP contribution in [0.25, 0.3) is 10.9 Å². The summed E-state index contributed by atoms with van der Waals surface area (Å²) in [5.41, 5.74) is 2.66. The van der Waals surface area contributed by atoms with Crippen LogP contribution in [-0.4, -0.2) is 23.7 Å². The van der Waals surface area contributed by atoms with Gasteiger partial charge in [0, 0.05) is 35.3 Å². The van der Waals surface area contributed by atoms with Crippen molar-refractivity contribution in [3.63, 3.8) is 0 Å². The van der Waals surface area contributed by atoms with E-state index in [1.165, 1.54) is 30.3 Å². The second-order valence-electron chi connectivity index (χ2n) is 6.34. The van der Waals surface area contributed by atoms with Crippen LogP contribution in [0.3, 0.4) is 0 Å². The normalized spacial score (nSPS) is 26.3. The Hall–Kier alpha value is -1.61. The third kappa shape index (κ3) is 1.95. The molecule has 2 aliphatic rings. The number of rotatable bonds is 4. The van der Waals surface area contributed by atoms with Crippen molar-refractivity contribution < 1.29 is 4.74 Å². The van der Waals surface area contributed by atoms with Crippen LogP contribution >= 0.6 is 0 Å². The maximum atomic E-state index is 5.94. The molecular weight excluding hydrogens is 260 g/mol. The van der Waals surface area contributed by atoms with Crippen LogP contribution in [-0.2, 0) is 4.74 Å². The molecule has 3 heteroatoms. The molecule has 21 heavy (non-hydrogen) atoms. The summed E-state index contributed by atoms with van der Waals surface area (Å²) in [6.45, 7) is 2.93. The minimum Gasteiger partial charge on any atom is -0.381 e. The molecule has 3 nitrogen and oxygen atoms in total. The molecule has 2 aliphatic carbocycles. The summed E-state index contributed by atoms with van der Waals surface area (Å²) in [7, 11) is 0. The summed E-state index contributed by atoms with van der Waals surface area (Å²) in [4.78, 5) is 4.44. The van der Waals surface area contributed by atoms with Crippen molar-refractivity contribution in [1.29, 1.82) is 0 Å². The molecule has 0 amide bonds. The lowest BCUT2D eigenvalue weighted by Gasteiger charge is -2.61. The first-order valence-corrected chi connectivity index (χ1v) is 8.05. The number of ether oxygens (including phenoxy) is 1. The molecule has 0 saturated heterocycles.